The van der Waals surface area contributed by atoms with Crippen LogP contribution in [0, 0.1) is 5.82 Å². The summed E-state index contributed by atoms with van der Waals surface area (Å²) in [7, 11) is 0. The molecule has 2 aromatic carbocycles. The number of amides is 1. The molecule has 1 fully saturated rings. The summed E-state index contributed by atoms with van der Waals surface area (Å²) in [5.74, 6) is 0.508. The Labute approximate surface area is 187 Å². The van der Waals surface area contributed by atoms with Crippen molar-refractivity contribution < 1.29 is 9.18 Å². The lowest BCUT2D eigenvalue weighted by Gasteiger charge is -2.34. The quantitative estimate of drug-likeness (QED) is 0.483. The fourth-order valence-corrected chi connectivity index (χ4v) is 3.92. The highest BCUT2D eigenvalue weighted by Gasteiger charge is 2.20. The third-order valence-electron chi connectivity index (χ3n) is 5.81. The van der Waals surface area contributed by atoms with Crippen LogP contribution in [0.15, 0.2) is 54.6 Å². The number of halogens is 1. The Bertz CT molecular complexity index is 983. The maximum Gasteiger partial charge on any atom is 0.227 e. The van der Waals surface area contributed by atoms with Crippen LogP contribution in [-0.4, -0.2) is 68.6 Å². The number of benzene rings is 2. The maximum atomic E-state index is 13.0. The molecule has 4 rings (SSSR count). The molecule has 0 radical (unpaired) electrons. The van der Waals surface area contributed by atoms with Gasteiger partial charge in [0.2, 0.25) is 11.7 Å². The van der Waals surface area contributed by atoms with Crippen molar-refractivity contribution in [2.45, 2.75) is 32.2 Å². The molecule has 1 amide bonds. The molecule has 0 spiro atoms. The van der Waals surface area contributed by atoms with Crippen LogP contribution in [0.5, 0.6) is 0 Å². The number of hydrogen-bond acceptors (Lipinski definition) is 5. The van der Waals surface area contributed by atoms with Crippen molar-refractivity contribution in [3.05, 3.63) is 66.0 Å². The van der Waals surface area contributed by atoms with E-state index in [1.165, 1.54) is 12.1 Å². The Kier molecular flexibility index (Phi) is 7.55. The maximum absolute atomic E-state index is 13.0. The van der Waals surface area contributed by atoms with E-state index in [2.05, 4.69) is 20.3 Å². The largest absolute Gasteiger partial charge is 0.340 e. The van der Waals surface area contributed by atoms with Gasteiger partial charge in [-0.2, -0.15) is 4.80 Å². The lowest BCUT2D eigenvalue weighted by molar-refractivity contribution is -0.132. The van der Waals surface area contributed by atoms with Gasteiger partial charge in [0, 0.05) is 31.7 Å². The third-order valence-corrected chi connectivity index (χ3v) is 5.81. The van der Waals surface area contributed by atoms with Crippen molar-refractivity contribution in [3.8, 4) is 11.4 Å². The van der Waals surface area contributed by atoms with Crippen LogP contribution in [0.1, 0.15) is 24.8 Å². The van der Waals surface area contributed by atoms with Crippen molar-refractivity contribution >= 4 is 5.91 Å². The van der Waals surface area contributed by atoms with Gasteiger partial charge in [0.15, 0.2) is 0 Å². The molecular weight excluding hydrogens is 407 g/mol. The van der Waals surface area contributed by atoms with Crippen LogP contribution in [0.4, 0.5) is 4.39 Å². The second-order valence-corrected chi connectivity index (χ2v) is 8.16. The number of nitrogens with zero attached hydrogens (tertiary/aromatic N) is 6. The molecule has 2 heterocycles. The predicted octanol–water partition coefficient (Wildman–Crippen LogP) is 3.04. The molecule has 0 atom stereocenters. The van der Waals surface area contributed by atoms with Crippen LogP contribution in [0.2, 0.25) is 0 Å². The van der Waals surface area contributed by atoms with Crippen molar-refractivity contribution in [1.82, 2.24) is 30.0 Å². The van der Waals surface area contributed by atoms with Gasteiger partial charge in [0.25, 0.3) is 0 Å². The predicted molar refractivity (Wildman–Crippen MR) is 120 cm³/mol. The van der Waals surface area contributed by atoms with E-state index in [4.69, 9.17) is 0 Å². The van der Waals surface area contributed by atoms with E-state index >= 15 is 0 Å². The minimum absolute atomic E-state index is 0.117. The van der Waals surface area contributed by atoms with E-state index in [0.29, 0.717) is 12.2 Å². The molecule has 3 aromatic rings. The summed E-state index contributed by atoms with van der Waals surface area (Å²) >= 11 is 0. The van der Waals surface area contributed by atoms with Gasteiger partial charge in [-0.15, -0.1) is 10.2 Å². The third kappa shape index (κ3) is 6.20. The Morgan fingerprint density at radius 1 is 0.875 bits per heavy atom. The number of hydrogen-bond donors (Lipinski definition) is 0. The van der Waals surface area contributed by atoms with Crippen LogP contribution in [0.3, 0.4) is 0 Å². The van der Waals surface area contributed by atoms with Gasteiger partial charge < -0.3 is 4.90 Å². The molecule has 168 valence electrons. The van der Waals surface area contributed by atoms with E-state index < -0.39 is 0 Å². The van der Waals surface area contributed by atoms with E-state index in [1.54, 1.807) is 16.9 Å². The fraction of sp³-hybridized carbons (Fsp3) is 0.417. The number of carbonyl (C=O) groups excluding carboxylic acids is 1. The zero-order chi connectivity index (χ0) is 22.2. The lowest BCUT2D eigenvalue weighted by atomic mass is 10.1. The summed E-state index contributed by atoms with van der Waals surface area (Å²) in [6.45, 7) is 5.13. The second-order valence-electron chi connectivity index (χ2n) is 8.16. The average Bonchev–Trinajstić information content (AvgIpc) is 3.30. The Morgan fingerprint density at radius 3 is 2.34 bits per heavy atom. The molecule has 1 aliphatic heterocycles. The highest BCUT2D eigenvalue weighted by molar-refractivity contribution is 5.78. The van der Waals surface area contributed by atoms with Gasteiger partial charge in [0.05, 0.1) is 13.0 Å². The number of aromatic nitrogens is 4. The van der Waals surface area contributed by atoms with Crippen LogP contribution < -0.4 is 0 Å². The zero-order valence-electron chi connectivity index (χ0n) is 18.2. The smallest absolute Gasteiger partial charge is 0.227 e. The van der Waals surface area contributed by atoms with E-state index in [9.17, 15) is 9.18 Å². The minimum Gasteiger partial charge on any atom is -0.340 e. The summed E-state index contributed by atoms with van der Waals surface area (Å²) < 4.78 is 13.0. The minimum atomic E-state index is -0.274. The van der Waals surface area contributed by atoms with Crippen molar-refractivity contribution in [2.75, 3.05) is 32.7 Å². The van der Waals surface area contributed by atoms with E-state index in [-0.39, 0.29) is 11.7 Å². The van der Waals surface area contributed by atoms with Gasteiger partial charge in [-0.3, -0.25) is 9.69 Å². The number of carbonyl (C=O) groups is 1. The van der Waals surface area contributed by atoms with Crippen LogP contribution in [0.25, 0.3) is 11.4 Å². The summed E-state index contributed by atoms with van der Waals surface area (Å²) in [4.78, 5) is 18.5. The Morgan fingerprint density at radius 2 is 1.59 bits per heavy atom. The van der Waals surface area contributed by atoms with Gasteiger partial charge in [-0.25, -0.2) is 4.39 Å². The lowest BCUT2D eigenvalue weighted by Crippen LogP contribution is -2.49. The molecular formula is C24H29FN6O. The first-order chi connectivity index (χ1) is 15.7. The molecule has 0 unspecified atom stereocenters. The van der Waals surface area contributed by atoms with Gasteiger partial charge in [-0.05, 0) is 42.3 Å². The molecule has 8 heteroatoms. The Hall–Kier alpha value is -3.13. The Balaban J connectivity index is 1.10. The summed E-state index contributed by atoms with van der Waals surface area (Å²) in [6.07, 6.45) is 3.57. The normalized spacial score (nSPS) is 14.6. The van der Waals surface area contributed by atoms with Crippen molar-refractivity contribution in [3.63, 3.8) is 0 Å². The van der Waals surface area contributed by atoms with E-state index in [0.717, 1.165) is 69.7 Å². The molecule has 0 bridgehead atoms. The molecule has 1 aliphatic rings. The first-order valence-electron chi connectivity index (χ1n) is 11.3. The number of tetrazole rings is 1. The zero-order valence-corrected chi connectivity index (χ0v) is 18.2. The van der Waals surface area contributed by atoms with Crippen molar-refractivity contribution in [1.29, 1.82) is 0 Å². The first-order valence-corrected chi connectivity index (χ1v) is 11.3. The standard InChI is InChI=1S/C24H29FN6O/c25-22-11-9-20(10-12-22)19-23(32)30-17-15-29(16-18-30)13-5-2-6-14-31-27-24(26-28-31)21-7-3-1-4-8-21/h1,3-4,7-12H,2,5-6,13-19H2. The molecule has 1 aromatic heterocycles. The summed E-state index contributed by atoms with van der Waals surface area (Å²) in [5.41, 5.74) is 1.84. The van der Waals surface area contributed by atoms with Crippen molar-refractivity contribution in [2.24, 2.45) is 0 Å². The van der Waals surface area contributed by atoms with Gasteiger partial charge in [0.1, 0.15) is 5.82 Å². The molecule has 7 nitrogen and oxygen atoms in total. The number of piperazine rings is 1. The molecule has 0 saturated carbocycles. The van der Waals surface area contributed by atoms with Crippen LogP contribution >= 0.6 is 0 Å². The summed E-state index contributed by atoms with van der Waals surface area (Å²) in [6, 6.07) is 16.0. The molecule has 0 N–H and O–H groups in total. The molecule has 1 saturated heterocycles. The molecule has 32 heavy (non-hydrogen) atoms. The number of aryl methyl sites for hydroxylation is 1. The molecule has 0 aliphatic carbocycles. The number of unbranched alkanes of at least 4 members (excludes halogenated alkanes) is 2. The van der Waals surface area contributed by atoms with E-state index in [1.807, 2.05) is 35.2 Å². The SMILES string of the molecule is O=C(Cc1ccc(F)cc1)N1CCN(CCCCCn2nnc(-c3ccccc3)n2)CC1. The second kappa shape index (κ2) is 10.9. The number of rotatable bonds is 9. The highest BCUT2D eigenvalue weighted by Crippen LogP contribution is 2.12. The highest BCUT2D eigenvalue weighted by atomic mass is 19.1. The first kappa shape index (κ1) is 22.1. The monoisotopic (exact) mass is 436 g/mol. The summed E-state index contributed by atoms with van der Waals surface area (Å²) in [5, 5.41) is 12.7. The fourth-order valence-electron chi connectivity index (χ4n) is 3.92. The topological polar surface area (TPSA) is 67.2 Å². The van der Waals surface area contributed by atoms with Crippen LogP contribution in [-0.2, 0) is 17.8 Å². The average molecular weight is 437 g/mol. The van der Waals surface area contributed by atoms with Gasteiger partial charge in [-0.1, -0.05) is 48.9 Å². The van der Waals surface area contributed by atoms with Gasteiger partial charge >= 0.3 is 0 Å².